The fraction of sp³-hybridized carbons (Fsp3) is 0.353. The molecular weight excluding hydrogens is 379 g/mol. The number of aromatic nitrogens is 2. The van der Waals surface area contributed by atoms with Crippen LogP contribution >= 0.6 is 23.2 Å². The Morgan fingerprint density at radius 1 is 1.31 bits per heavy atom. The first-order valence-electron chi connectivity index (χ1n) is 8.03. The van der Waals surface area contributed by atoms with E-state index >= 15 is 0 Å². The van der Waals surface area contributed by atoms with E-state index in [-0.39, 0.29) is 17.9 Å². The first-order valence-corrected chi connectivity index (χ1v) is 8.79. The molecule has 1 aromatic heterocycles. The van der Waals surface area contributed by atoms with E-state index in [9.17, 15) is 14.4 Å². The number of ketones is 1. The lowest BCUT2D eigenvalue weighted by molar-refractivity contribution is 0.0941. The fourth-order valence-electron chi connectivity index (χ4n) is 2.64. The van der Waals surface area contributed by atoms with Crippen molar-refractivity contribution in [3.63, 3.8) is 0 Å². The van der Waals surface area contributed by atoms with Crippen molar-refractivity contribution in [1.82, 2.24) is 14.5 Å². The quantitative estimate of drug-likeness (QED) is 0.695. The van der Waals surface area contributed by atoms with Crippen molar-refractivity contribution in [3.8, 4) is 0 Å². The van der Waals surface area contributed by atoms with Gasteiger partial charge in [0.05, 0.1) is 16.6 Å². The Kier molecular flexibility index (Phi) is 6.63. The summed E-state index contributed by atoms with van der Waals surface area (Å²) in [5.74, 6) is -0.589. The number of benzene rings is 1. The van der Waals surface area contributed by atoms with Crippen molar-refractivity contribution in [2.24, 2.45) is 0 Å². The molecule has 0 bridgehead atoms. The summed E-state index contributed by atoms with van der Waals surface area (Å²) in [6.45, 7) is 2.47. The van der Waals surface area contributed by atoms with Crippen molar-refractivity contribution in [1.29, 1.82) is 0 Å². The van der Waals surface area contributed by atoms with Crippen LogP contribution in [0.5, 0.6) is 0 Å². The number of carbonyl (C=O) groups excluding carboxylic acids is 1. The van der Waals surface area contributed by atoms with E-state index < -0.39 is 17.0 Å². The first kappa shape index (κ1) is 20.2. The zero-order valence-corrected chi connectivity index (χ0v) is 16.0. The summed E-state index contributed by atoms with van der Waals surface area (Å²) in [5, 5.41) is 0.846. The molecule has 0 aliphatic heterocycles. The number of anilines is 1. The van der Waals surface area contributed by atoms with Gasteiger partial charge in [-0.25, -0.2) is 4.79 Å². The van der Waals surface area contributed by atoms with E-state index in [1.54, 1.807) is 30.1 Å². The molecule has 0 saturated carbocycles. The second-order valence-electron chi connectivity index (χ2n) is 5.98. The maximum Gasteiger partial charge on any atom is 0.329 e. The van der Waals surface area contributed by atoms with E-state index in [2.05, 4.69) is 4.98 Å². The smallest absolute Gasteiger partial charge is 0.329 e. The third-order valence-corrected chi connectivity index (χ3v) is 4.71. The van der Waals surface area contributed by atoms with Crippen LogP contribution in [0, 0.1) is 0 Å². The van der Waals surface area contributed by atoms with Crippen LogP contribution in [0.3, 0.4) is 0 Å². The SMILES string of the molecule is CCCn1c(N)c(C(=O)CN(C)Cc2cccc(Cl)c2Cl)c(=O)[nH]c1=O. The van der Waals surface area contributed by atoms with Gasteiger partial charge in [0.1, 0.15) is 11.4 Å². The maximum absolute atomic E-state index is 12.6. The molecule has 1 heterocycles. The van der Waals surface area contributed by atoms with Gasteiger partial charge in [-0.2, -0.15) is 0 Å². The number of hydrogen-bond acceptors (Lipinski definition) is 5. The van der Waals surface area contributed by atoms with Crippen LogP contribution in [-0.2, 0) is 13.1 Å². The summed E-state index contributed by atoms with van der Waals surface area (Å²) in [6, 6.07) is 5.25. The Morgan fingerprint density at radius 2 is 2.00 bits per heavy atom. The predicted octanol–water partition coefficient (Wildman–Crippen LogP) is 2.15. The topological polar surface area (TPSA) is 101 Å². The highest BCUT2D eigenvalue weighted by atomic mass is 35.5. The Balaban J connectivity index is 2.24. The molecule has 0 unspecified atom stereocenters. The van der Waals surface area contributed by atoms with Gasteiger partial charge < -0.3 is 5.73 Å². The van der Waals surface area contributed by atoms with Gasteiger partial charge in [0.2, 0.25) is 0 Å². The number of nitrogens with one attached hydrogen (secondary N) is 1. The average Bonchev–Trinajstić information content (AvgIpc) is 2.55. The number of carbonyl (C=O) groups is 1. The lowest BCUT2D eigenvalue weighted by Crippen LogP contribution is -2.38. The summed E-state index contributed by atoms with van der Waals surface area (Å²) in [6.07, 6.45) is 0.636. The van der Waals surface area contributed by atoms with Crippen molar-refractivity contribution in [2.45, 2.75) is 26.4 Å². The van der Waals surface area contributed by atoms with Gasteiger partial charge in [0.25, 0.3) is 5.56 Å². The molecule has 3 N–H and O–H groups in total. The molecule has 0 radical (unpaired) electrons. The molecule has 26 heavy (non-hydrogen) atoms. The molecule has 0 atom stereocenters. The number of nitrogen functional groups attached to an aromatic ring is 1. The molecule has 0 amide bonds. The average molecular weight is 399 g/mol. The predicted molar refractivity (Wildman–Crippen MR) is 103 cm³/mol. The minimum absolute atomic E-state index is 0.0690. The monoisotopic (exact) mass is 398 g/mol. The minimum Gasteiger partial charge on any atom is -0.384 e. The molecule has 0 fully saturated rings. The highest BCUT2D eigenvalue weighted by Gasteiger charge is 2.20. The molecule has 140 valence electrons. The number of rotatable bonds is 7. The van der Waals surface area contributed by atoms with Crippen molar-refractivity contribution >= 4 is 34.8 Å². The fourth-order valence-corrected chi connectivity index (χ4v) is 3.02. The van der Waals surface area contributed by atoms with Gasteiger partial charge in [-0.3, -0.25) is 24.0 Å². The molecule has 7 nitrogen and oxygen atoms in total. The standard InChI is InChI=1S/C17H20Cl2N4O3/c1-3-7-23-15(20)13(16(25)21-17(23)26)12(24)9-22(2)8-10-5-4-6-11(18)14(10)19/h4-6H,3,7-9,20H2,1-2H3,(H,21,25,26). The zero-order chi connectivity index (χ0) is 19.4. The van der Waals surface area contributed by atoms with Crippen molar-refractivity contribution in [2.75, 3.05) is 19.3 Å². The number of hydrogen-bond donors (Lipinski definition) is 2. The second-order valence-corrected chi connectivity index (χ2v) is 6.76. The third-order valence-electron chi connectivity index (χ3n) is 3.85. The van der Waals surface area contributed by atoms with Crippen LogP contribution in [0.4, 0.5) is 5.82 Å². The van der Waals surface area contributed by atoms with Gasteiger partial charge in [0, 0.05) is 13.1 Å². The van der Waals surface area contributed by atoms with Gasteiger partial charge in [-0.05, 0) is 25.1 Å². The summed E-state index contributed by atoms with van der Waals surface area (Å²) in [5.41, 5.74) is 5.06. The Hall–Kier alpha value is -2.09. The summed E-state index contributed by atoms with van der Waals surface area (Å²) in [7, 11) is 1.71. The molecule has 2 rings (SSSR count). The molecule has 0 aliphatic rings. The number of H-pyrrole nitrogens is 1. The van der Waals surface area contributed by atoms with Crippen LogP contribution in [0.2, 0.25) is 10.0 Å². The number of Topliss-reactive ketones (excluding diaryl/α,β-unsaturated/α-hetero) is 1. The molecular formula is C17H20Cl2N4O3. The van der Waals surface area contributed by atoms with Crippen LogP contribution in [-0.4, -0.2) is 33.8 Å². The van der Waals surface area contributed by atoms with Crippen LogP contribution in [0.15, 0.2) is 27.8 Å². The molecule has 9 heteroatoms. The van der Waals surface area contributed by atoms with E-state index in [0.29, 0.717) is 29.6 Å². The largest absolute Gasteiger partial charge is 0.384 e. The van der Waals surface area contributed by atoms with E-state index in [1.807, 2.05) is 6.92 Å². The summed E-state index contributed by atoms with van der Waals surface area (Å²) < 4.78 is 1.20. The number of nitrogens with two attached hydrogens (primary N) is 1. The Morgan fingerprint density at radius 3 is 2.65 bits per heavy atom. The minimum atomic E-state index is -0.779. The van der Waals surface area contributed by atoms with Gasteiger partial charge in [-0.15, -0.1) is 0 Å². The zero-order valence-electron chi connectivity index (χ0n) is 14.5. The Labute approximate surface area is 160 Å². The molecule has 0 aliphatic carbocycles. The van der Waals surface area contributed by atoms with Crippen molar-refractivity contribution < 1.29 is 4.79 Å². The van der Waals surface area contributed by atoms with Crippen molar-refractivity contribution in [3.05, 3.63) is 60.2 Å². The number of aromatic amines is 1. The van der Waals surface area contributed by atoms with Crippen LogP contribution < -0.4 is 17.0 Å². The van der Waals surface area contributed by atoms with Gasteiger partial charge in [-0.1, -0.05) is 42.3 Å². The number of halogens is 2. The molecule has 1 aromatic carbocycles. The lowest BCUT2D eigenvalue weighted by atomic mass is 10.1. The second kappa shape index (κ2) is 8.53. The number of likely N-dealkylation sites (N-methyl/N-ethyl adjacent to an activating group) is 1. The van der Waals surface area contributed by atoms with E-state index in [1.165, 1.54) is 4.57 Å². The normalized spacial score (nSPS) is 11.1. The van der Waals surface area contributed by atoms with E-state index in [0.717, 1.165) is 5.56 Å². The van der Waals surface area contributed by atoms with Gasteiger partial charge in [0.15, 0.2) is 5.78 Å². The highest BCUT2D eigenvalue weighted by molar-refractivity contribution is 6.42. The molecule has 0 spiro atoms. The number of nitrogens with zero attached hydrogens (tertiary/aromatic N) is 2. The van der Waals surface area contributed by atoms with Gasteiger partial charge >= 0.3 is 5.69 Å². The third kappa shape index (κ3) is 4.35. The molecule has 2 aromatic rings. The van der Waals surface area contributed by atoms with Crippen LogP contribution in [0.1, 0.15) is 29.3 Å². The van der Waals surface area contributed by atoms with Crippen LogP contribution in [0.25, 0.3) is 0 Å². The Bertz CT molecular complexity index is 937. The maximum atomic E-state index is 12.6. The van der Waals surface area contributed by atoms with E-state index in [4.69, 9.17) is 28.9 Å². The molecule has 0 saturated heterocycles. The highest BCUT2D eigenvalue weighted by Crippen LogP contribution is 2.26. The summed E-state index contributed by atoms with van der Waals surface area (Å²) >= 11 is 12.1. The summed E-state index contributed by atoms with van der Waals surface area (Å²) in [4.78, 5) is 40.3. The first-order chi connectivity index (χ1) is 12.3. The lowest BCUT2D eigenvalue weighted by Gasteiger charge is -2.18.